The van der Waals surface area contributed by atoms with Crippen molar-refractivity contribution in [1.29, 1.82) is 0 Å². The fraction of sp³-hybridized carbons (Fsp3) is 0.235. The van der Waals surface area contributed by atoms with Crippen LogP contribution in [-0.4, -0.2) is 27.1 Å². The highest BCUT2D eigenvalue weighted by Crippen LogP contribution is 2.16. The van der Waals surface area contributed by atoms with Gasteiger partial charge >= 0.3 is 0 Å². The molecule has 23 heavy (non-hydrogen) atoms. The lowest BCUT2D eigenvalue weighted by Gasteiger charge is -2.09. The summed E-state index contributed by atoms with van der Waals surface area (Å²) >= 11 is 0. The van der Waals surface area contributed by atoms with Crippen LogP contribution < -0.4 is 10.6 Å². The third kappa shape index (κ3) is 4.32. The van der Waals surface area contributed by atoms with Crippen molar-refractivity contribution in [2.24, 2.45) is 0 Å². The molecule has 6 heteroatoms. The average molecular weight is 332 g/mol. The number of carbonyl (C=O) groups excluding carboxylic acids is 1. The van der Waals surface area contributed by atoms with Gasteiger partial charge in [-0.05, 0) is 42.0 Å². The molecular weight excluding hydrogens is 312 g/mol. The number of amides is 1. The summed E-state index contributed by atoms with van der Waals surface area (Å²) in [6.45, 7) is 2.17. The summed E-state index contributed by atoms with van der Waals surface area (Å²) in [5, 5.41) is 5.81. The summed E-state index contributed by atoms with van der Waals surface area (Å²) in [6.07, 6.45) is 0. The minimum atomic E-state index is -3.17. The van der Waals surface area contributed by atoms with Crippen molar-refractivity contribution in [3.05, 3.63) is 59.7 Å². The zero-order chi connectivity index (χ0) is 16.9. The molecular formula is C17H20N2O3S. The average Bonchev–Trinajstić information content (AvgIpc) is 2.60. The van der Waals surface area contributed by atoms with E-state index in [1.54, 1.807) is 44.3 Å². The Morgan fingerprint density at radius 2 is 1.78 bits per heavy atom. The monoisotopic (exact) mass is 332 g/mol. The van der Waals surface area contributed by atoms with Crippen molar-refractivity contribution in [3.8, 4) is 0 Å². The Morgan fingerprint density at radius 3 is 2.39 bits per heavy atom. The molecule has 0 bridgehead atoms. The minimum Gasteiger partial charge on any atom is -0.381 e. The van der Waals surface area contributed by atoms with E-state index in [1.165, 1.54) is 0 Å². The van der Waals surface area contributed by atoms with E-state index in [0.29, 0.717) is 17.0 Å². The van der Waals surface area contributed by atoms with Crippen molar-refractivity contribution >= 4 is 21.4 Å². The molecule has 0 heterocycles. The van der Waals surface area contributed by atoms with Gasteiger partial charge in [0.15, 0.2) is 9.84 Å². The number of hydrogen-bond acceptors (Lipinski definition) is 4. The Kier molecular flexibility index (Phi) is 5.39. The van der Waals surface area contributed by atoms with Crippen LogP contribution in [0.4, 0.5) is 5.69 Å². The quantitative estimate of drug-likeness (QED) is 0.852. The highest BCUT2D eigenvalue weighted by molar-refractivity contribution is 7.91. The molecule has 0 aliphatic heterocycles. The van der Waals surface area contributed by atoms with Crippen molar-refractivity contribution in [3.63, 3.8) is 0 Å². The maximum Gasteiger partial charge on any atom is 0.251 e. The number of anilines is 1. The molecule has 122 valence electrons. The van der Waals surface area contributed by atoms with Crippen molar-refractivity contribution in [2.45, 2.75) is 18.4 Å². The zero-order valence-electron chi connectivity index (χ0n) is 13.2. The second-order valence-electron chi connectivity index (χ2n) is 5.06. The van der Waals surface area contributed by atoms with E-state index in [0.717, 1.165) is 11.3 Å². The van der Waals surface area contributed by atoms with Gasteiger partial charge in [-0.3, -0.25) is 4.79 Å². The van der Waals surface area contributed by atoms with Crippen LogP contribution in [0.5, 0.6) is 0 Å². The molecule has 0 aliphatic rings. The van der Waals surface area contributed by atoms with Crippen LogP contribution in [0.3, 0.4) is 0 Å². The van der Waals surface area contributed by atoms with Crippen LogP contribution in [0.25, 0.3) is 0 Å². The molecule has 5 nitrogen and oxygen atoms in total. The molecule has 1 amide bonds. The zero-order valence-corrected chi connectivity index (χ0v) is 14.0. The molecule has 2 aromatic rings. The first kappa shape index (κ1) is 17.0. The summed E-state index contributed by atoms with van der Waals surface area (Å²) in [5.74, 6) is -0.0348. The van der Waals surface area contributed by atoms with Gasteiger partial charge in [0.05, 0.1) is 10.6 Å². The first-order valence-corrected chi connectivity index (χ1v) is 8.99. The second kappa shape index (κ2) is 7.28. The predicted molar refractivity (Wildman–Crippen MR) is 91.3 cm³/mol. The van der Waals surface area contributed by atoms with Gasteiger partial charge in [0, 0.05) is 24.8 Å². The van der Waals surface area contributed by atoms with E-state index in [1.807, 2.05) is 18.2 Å². The molecule has 0 spiro atoms. The smallest absolute Gasteiger partial charge is 0.251 e. The van der Waals surface area contributed by atoms with Crippen LogP contribution in [0, 0.1) is 0 Å². The lowest BCUT2D eigenvalue weighted by molar-refractivity contribution is 0.0963. The third-order valence-corrected chi connectivity index (χ3v) is 5.26. The highest BCUT2D eigenvalue weighted by atomic mass is 32.2. The second-order valence-corrected chi connectivity index (χ2v) is 7.34. The van der Waals surface area contributed by atoms with E-state index < -0.39 is 9.84 Å². The molecule has 0 saturated heterocycles. The van der Waals surface area contributed by atoms with E-state index in [2.05, 4.69) is 10.6 Å². The van der Waals surface area contributed by atoms with Crippen molar-refractivity contribution in [1.82, 2.24) is 5.32 Å². The Hall–Kier alpha value is -2.34. The molecule has 0 atom stereocenters. The Balaban J connectivity index is 2.05. The van der Waals surface area contributed by atoms with Crippen LogP contribution in [0.2, 0.25) is 0 Å². The van der Waals surface area contributed by atoms with E-state index in [-0.39, 0.29) is 11.7 Å². The molecule has 0 aliphatic carbocycles. The normalized spacial score (nSPS) is 11.0. The molecule has 0 saturated carbocycles. The summed E-state index contributed by atoms with van der Waals surface area (Å²) in [4.78, 5) is 11.9. The predicted octanol–water partition coefficient (Wildman–Crippen LogP) is 2.45. The van der Waals surface area contributed by atoms with Gasteiger partial charge in [0.1, 0.15) is 0 Å². The Bertz CT molecular complexity index is 784. The lowest BCUT2D eigenvalue weighted by atomic mass is 10.1. The van der Waals surface area contributed by atoms with Gasteiger partial charge in [0.2, 0.25) is 0 Å². The maximum absolute atomic E-state index is 11.8. The van der Waals surface area contributed by atoms with Crippen LogP contribution in [-0.2, 0) is 16.4 Å². The van der Waals surface area contributed by atoms with Gasteiger partial charge in [-0.1, -0.05) is 19.1 Å². The number of sulfone groups is 1. The number of hydrogen-bond donors (Lipinski definition) is 2. The Morgan fingerprint density at radius 1 is 1.09 bits per heavy atom. The van der Waals surface area contributed by atoms with Crippen LogP contribution >= 0.6 is 0 Å². The number of nitrogens with one attached hydrogen (secondary N) is 2. The topological polar surface area (TPSA) is 75.3 Å². The van der Waals surface area contributed by atoms with E-state index in [9.17, 15) is 13.2 Å². The molecule has 2 N–H and O–H groups in total. The molecule has 0 fully saturated rings. The minimum absolute atomic E-state index is 0.0893. The number of carbonyl (C=O) groups is 1. The Labute approximate surface area is 136 Å². The highest BCUT2D eigenvalue weighted by Gasteiger charge is 2.10. The number of benzene rings is 2. The van der Waals surface area contributed by atoms with Crippen LogP contribution in [0.15, 0.2) is 53.4 Å². The van der Waals surface area contributed by atoms with E-state index in [4.69, 9.17) is 0 Å². The van der Waals surface area contributed by atoms with E-state index >= 15 is 0 Å². The molecule has 2 rings (SSSR count). The van der Waals surface area contributed by atoms with Crippen molar-refractivity contribution in [2.75, 3.05) is 18.1 Å². The van der Waals surface area contributed by atoms with Gasteiger partial charge in [0.25, 0.3) is 5.91 Å². The largest absolute Gasteiger partial charge is 0.381 e. The van der Waals surface area contributed by atoms with Crippen LogP contribution in [0.1, 0.15) is 22.8 Å². The summed E-state index contributed by atoms with van der Waals surface area (Å²) < 4.78 is 23.5. The first-order valence-electron chi connectivity index (χ1n) is 7.34. The number of rotatable bonds is 6. The fourth-order valence-corrected chi connectivity index (χ4v) is 3.00. The summed E-state index contributed by atoms with van der Waals surface area (Å²) in [7, 11) is -1.58. The standard InChI is InChI=1S/C17H20N2O3S/c1-3-23(21,22)16-9-7-15(8-10-16)19-12-13-5-4-6-14(11-13)17(20)18-2/h4-11,19H,3,12H2,1-2H3,(H,18,20). The SMILES string of the molecule is CCS(=O)(=O)c1ccc(NCc2cccc(C(=O)NC)c2)cc1. The molecule has 0 aromatic heterocycles. The summed E-state index contributed by atoms with van der Waals surface area (Å²) in [5.41, 5.74) is 2.40. The lowest BCUT2D eigenvalue weighted by Crippen LogP contribution is -2.17. The first-order chi connectivity index (χ1) is 11.0. The van der Waals surface area contributed by atoms with Gasteiger partial charge < -0.3 is 10.6 Å². The van der Waals surface area contributed by atoms with Gasteiger partial charge in [-0.25, -0.2) is 8.42 Å². The third-order valence-electron chi connectivity index (χ3n) is 3.51. The molecule has 0 unspecified atom stereocenters. The maximum atomic E-state index is 11.8. The molecule has 2 aromatic carbocycles. The van der Waals surface area contributed by atoms with Gasteiger partial charge in [-0.2, -0.15) is 0 Å². The fourth-order valence-electron chi connectivity index (χ4n) is 2.12. The summed E-state index contributed by atoms with van der Waals surface area (Å²) in [6, 6.07) is 14.0. The van der Waals surface area contributed by atoms with Gasteiger partial charge in [-0.15, -0.1) is 0 Å². The molecule has 0 radical (unpaired) electrons. The van der Waals surface area contributed by atoms with Crippen molar-refractivity contribution < 1.29 is 13.2 Å².